The van der Waals surface area contributed by atoms with Crippen LogP contribution in [-0.4, -0.2) is 23.5 Å². The van der Waals surface area contributed by atoms with Gasteiger partial charge in [-0.2, -0.15) is 0 Å². The summed E-state index contributed by atoms with van der Waals surface area (Å²) < 4.78 is 5.59. The summed E-state index contributed by atoms with van der Waals surface area (Å²) >= 11 is 5.22. The van der Waals surface area contributed by atoms with Crippen LogP contribution in [0.1, 0.15) is 42.6 Å². The summed E-state index contributed by atoms with van der Waals surface area (Å²) in [7, 11) is 0. The van der Waals surface area contributed by atoms with Gasteiger partial charge in [0.05, 0.1) is 6.61 Å². The number of hydrogen-bond donors (Lipinski definition) is 3. The number of carbonyl (C=O) groups excluding carboxylic acids is 2. The summed E-state index contributed by atoms with van der Waals surface area (Å²) in [6.07, 6.45) is 2.06. The first-order valence-electron chi connectivity index (χ1n) is 9.12. The Morgan fingerprint density at radius 1 is 1.07 bits per heavy atom. The quantitative estimate of drug-likeness (QED) is 0.479. The second-order valence-corrected chi connectivity index (χ2v) is 6.75. The molecule has 148 valence electrons. The van der Waals surface area contributed by atoms with Gasteiger partial charge in [0.25, 0.3) is 5.91 Å². The van der Waals surface area contributed by atoms with Crippen molar-refractivity contribution in [2.45, 2.75) is 33.6 Å². The van der Waals surface area contributed by atoms with Crippen molar-refractivity contribution in [1.82, 2.24) is 5.32 Å². The number of anilines is 2. The van der Waals surface area contributed by atoms with Crippen molar-refractivity contribution in [3.05, 3.63) is 53.6 Å². The van der Waals surface area contributed by atoms with Gasteiger partial charge in [0.15, 0.2) is 5.11 Å². The van der Waals surface area contributed by atoms with Gasteiger partial charge >= 0.3 is 0 Å². The van der Waals surface area contributed by atoms with Crippen LogP contribution in [0.3, 0.4) is 0 Å². The summed E-state index contributed by atoms with van der Waals surface area (Å²) in [5, 5.41) is 8.52. The first-order valence-corrected chi connectivity index (χ1v) is 9.53. The molecule has 0 unspecified atom stereocenters. The minimum absolute atomic E-state index is 0.154. The maximum absolute atomic E-state index is 12.3. The van der Waals surface area contributed by atoms with Gasteiger partial charge in [0.2, 0.25) is 5.91 Å². The van der Waals surface area contributed by atoms with Crippen LogP contribution < -0.4 is 20.7 Å². The van der Waals surface area contributed by atoms with Crippen LogP contribution >= 0.6 is 12.2 Å². The first kappa shape index (κ1) is 21.4. The molecule has 0 atom stereocenters. The molecule has 0 aliphatic heterocycles. The number of unbranched alkanes of at least 4 members (excludes halogenated alkanes) is 1. The molecule has 0 radical (unpaired) electrons. The highest BCUT2D eigenvalue weighted by Gasteiger charge is 2.09. The van der Waals surface area contributed by atoms with Crippen LogP contribution in [0.4, 0.5) is 11.4 Å². The molecule has 2 aromatic carbocycles. The number of thiocarbonyl (C=S) groups is 1. The Bertz CT molecular complexity index is 850. The molecule has 7 heteroatoms. The molecule has 0 aliphatic carbocycles. The molecule has 0 aromatic heterocycles. The first-order chi connectivity index (χ1) is 13.4. The van der Waals surface area contributed by atoms with E-state index in [0.717, 1.165) is 24.2 Å². The lowest BCUT2D eigenvalue weighted by Gasteiger charge is -2.13. The normalized spacial score (nSPS) is 10.1. The molecule has 0 fully saturated rings. The van der Waals surface area contributed by atoms with E-state index in [1.165, 1.54) is 6.92 Å². The number of aryl methyl sites for hydroxylation is 1. The smallest absolute Gasteiger partial charge is 0.257 e. The van der Waals surface area contributed by atoms with Crippen LogP contribution in [0.25, 0.3) is 0 Å². The molecular formula is C21H25N3O3S. The Labute approximate surface area is 170 Å². The summed E-state index contributed by atoms with van der Waals surface area (Å²) in [6, 6.07) is 12.4. The summed E-state index contributed by atoms with van der Waals surface area (Å²) in [5.74, 6) is 0.265. The minimum Gasteiger partial charge on any atom is -0.494 e. The lowest BCUT2D eigenvalue weighted by Crippen LogP contribution is -2.34. The van der Waals surface area contributed by atoms with Gasteiger partial charge in [-0.05, 0) is 67.5 Å². The molecule has 0 bridgehead atoms. The van der Waals surface area contributed by atoms with E-state index in [0.29, 0.717) is 23.5 Å². The third kappa shape index (κ3) is 6.66. The van der Waals surface area contributed by atoms with E-state index in [1.807, 2.05) is 19.1 Å². The average molecular weight is 400 g/mol. The number of benzene rings is 2. The fourth-order valence-corrected chi connectivity index (χ4v) is 2.61. The lowest BCUT2D eigenvalue weighted by molar-refractivity contribution is -0.114. The SMILES string of the molecule is CCCCOc1ccc(C(=O)NC(=S)Nc2ccc(C)c(NC(C)=O)c2)cc1. The van der Waals surface area contributed by atoms with Crippen LogP contribution in [-0.2, 0) is 4.79 Å². The highest BCUT2D eigenvalue weighted by atomic mass is 32.1. The molecular weight excluding hydrogens is 374 g/mol. The lowest BCUT2D eigenvalue weighted by atomic mass is 10.2. The molecule has 0 heterocycles. The van der Waals surface area contributed by atoms with E-state index in [4.69, 9.17) is 17.0 Å². The fourth-order valence-electron chi connectivity index (χ4n) is 2.40. The van der Waals surface area contributed by atoms with Crippen LogP contribution in [0.5, 0.6) is 5.75 Å². The Kier molecular flexibility index (Phi) is 7.95. The Balaban J connectivity index is 1.93. The zero-order valence-electron chi connectivity index (χ0n) is 16.3. The monoisotopic (exact) mass is 399 g/mol. The Morgan fingerprint density at radius 2 is 1.79 bits per heavy atom. The molecule has 0 saturated heterocycles. The van der Waals surface area contributed by atoms with Gasteiger partial charge in [0, 0.05) is 23.9 Å². The number of amides is 2. The zero-order valence-corrected chi connectivity index (χ0v) is 17.1. The van der Waals surface area contributed by atoms with Crippen molar-refractivity contribution >= 4 is 40.5 Å². The number of rotatable bonds is 7. The summed E-state index contributed by atoms with van der Waals surface area (Å²) in [5.41, 5.74) is 2.76. The maximum Gasteiger partial charge on any atom is 0.257 e. The van der Waals surface area contributed by atoms with Gasteiger partial charge in [0.1, 0.15) is 5.75 Å². The molecule has 2 rings (SSSR count). The zero-order chi connectivity index (χ0) is 20.5. The predicted molar refractivity (Wildman–Crippen MR) is 116 cm³/mol. The second kappa shape index (κ2) is 10.4. The summed E-state index contributed by atoms with van der Waals surface area (Å²) in [6.45, 7) is 6.10. The van der Waals surface area contributed by atoms with Gasteiger partial charge in [-0.15, -0.1) is 0 Å². The molecule has 0 saturated carbocycles. The molecule has 2 amide bonds. The number of carbonyl (C=O) groups is 2. The van der Waals surface area contributed by atoms with Crippen molar-refractivity contribution < 1.29 is 14.3 Å². The minimum atomic E-state index is -0.313. The van der Waals surface area contributed by atoms with Crippen LogP contribution in [0.2, 0.25) is 0 Å². The largest absolute Gasteiger partial charge is 0.494 e. The highest BCUT2D eigenvalue weighted by Crippen LogP contribution is 2.20. The third-order valence-electron chi connectivity index (χ3n) is 3.92. The maximum atomic E-state index is 12.3. The number of ether oxygens (including phenoxy) is 1. The van der Waals surface area contributed by atoms with E-state index in [1.54, 1.807) is 30.3 Å². The van der Waals surface area contributed by atoms with E-state index in [9.17, 15) is 9.59 Å². The van der Waals surface area contributed by atoms with Crippen molar-refractivity contribution in [3.63, 3.8) is 0 Å². The topological polar surface area (TPSA) is 79.5 Å². The van der Waals surface area contributed by atoms with Gasteiger partial charge in [-0.1, -0.05) is 19.4 Å². The van der Waals surface area contributed by atoms with Gasteiger partial charge in [-0.25, -0.2) is 0 Å². The van der Waals surface area contributed by atoms with E-state index in [-0.39, 0.29) is 16.9 Å². The fraction of sp³-hybridized carbons (Fsp3) is 0.286. The average Bonchev–Trinajstić information content (AvgIpc) is 2.64. The summed E-state index contributed by atoms with van der Waals surface area (Å²) in [4.78, 5) is 23.6. The van der Waals surface area contributed by atoms with Crippen molar-refractivity contribution in [2.75, 3.05) is 17.2 Å². The molecule has 0 spiro atoms. The second-order valence-electron chi connectivity index (χ2n) is 6.35. The molecule has 6 nitrogen and oxygen atoms in total. The third-order valence-corrected chi connectivity index (χ3v) is 4.12. The van der Waals surface area contributed by atoms with E-state index >= 15 is 0 Å². The highest BCUT2D eigenvalue weighted by molar-refractivity contribution is 7.80. The number of hydrogen-bond acceptors (Lipinski definition) is 4. The number of nitrogens with one attached hydrogen (secondary N) is 3. The van der Waals surface area contributed by atoms with Gasteiger partial charge in [-0.3, -0.25) is 14.9 Å². The van der Waals surface area contributed by atoms with E-state index in [2.05, 4.69) is 22.9 Å². The molecule has 3 N–H and O–H groups in total. The van der Waals surface area contributed by atoms with E-state index < -0.39 is 0 Å². The van der Waals surface area contributed by atoms with Crippen molar-refractivity contribution in [3.8, 4) is 5.75 Å². The predicted octanol–water partition coefficient (Wildman–Crippen LogP) is 4.26. The molecule has 0 aliphatic rings. The van der Waals surface area contributed by atoms with Crippen LogP contribution in [0.15, 0.2) is 42.5 Å². The molecule has 2 aromatic rings. The van der Waals surface area contributed by atoms with Crippen LogP contribution in [0, 0.1) is 6.92 Å². The standard InChI is InChI=1S/C21H25N3O3S/c1-4-5-12-27-18-10-7-16(8-11-18)20(26)24-21(28)23-17-9-6-14(2)19(13-17)22-15(3)25/h6-11,13H,4-5,12H2,1-3H3,(H,22,25)(H2,23,24,26,28). The van der Waals surface area contributed by atoms with Crippen molar-refractivity contribution in [2.24, 2.45) is 0 Å². The van der Waals surface area contributed by atoms with Gasteiger partial charge < -0.3 is 15.4 Å². The Hall–Kier alpha value is -2.93. The molecule has 28 heavy (non-hydrogen) atoms. The Morgan fingerprint density at radius 3 is 2.43 bits per heavy atom. The van der Waals surface area contributed by atoms with Crippen molar-refractivity contribution in [1.29, 1.82) is 0 Å².